The van der Waals surface area contributed by atoms with Crippen LogP contribution in [0.4, 0.5) is 0 Å². The monoisotopic (exact) mass is 337 g/mol. The van der Waals surface area contributed by atoms with Gasteiger partial charge >= 0.3 is 0 Å². The van der Waals surface area contributed by atoms with Gasteiger partial charge < -0.3 is 4.74 Å². The van der Waals surface area contributed by atoms with Crippen LogP contribution in [0.2, 0.25) is 0 Å². The summed E-state index contributed by atoms with van der Waals surface area (Å²) in [6.07, 6.45) is 0. The standard InChI is InChI=1S/C22H15N3O/c23-14-17-10-4-7-13-20(17)26-15-21-24-19-12-6-5-11-18(19)22(25-21)16-8-2-1-3-9-16/h1-13H,15H2. The van der Waals surface area contributed by atoms with E-state index in [4.69, 9.17) is 9.72 Å². The quantitative estimate of drug-likeness (QED) is 0.539. The summed E-state index contributed by atoms with van der Waals surface area (Å²) in [7, 11) is 0. The number of fused-ring (bicyclic) bond motifs is 1. The molecule has 0 saturated carbocycles. The zero-order valence-corrected chi connectivity index (χ0v) is 14.0. The van der Waals surface area contributed by atoms with Crippen molar-refractivity contribution in [1.82, 2.24) is 9.97 Å². The number of para-hydroxylation sites is 2. The molecule has 1 aromatic heterocycles. The van der Waals surface area contributed by atoms with Crippen molar-refractivity contribution in [3.63, 3.8) is 0 Å². The average molecular weight is 337 g/mol. The van der Waals surface area contributed by atoms with Crippen molar-refractivity contribution in [2.75, 3.05) is 0 Å². The van der Waals surface area contributed by atoms with Crippen LogP contribution in [0, 0.1) is 11.3 Å². The molecular formula is C22H15N3O. The predicted octanol–water partition coefficient (Wildman–Crippen LogP) is 4.75. The van der Waals surface area contributed by atoms with Gasteiger partial charge in [0, 0.05) is 10.9 Å². The van der Waals surface area contributed by atoms with Crippen LogP contribution in [0.1, 0.15) is 11.4 Å². The highest BCUT2D eigenvalue weighted by atomic mass is 16.5. The van der Waals surface area contributed by atoms with Crippen LogP contribution in [0.3, 0.4) is 0 Å². The lowest BCUT2D eigenvalue weighted by molar-refractivity contribution is 0.295. The first-order chi connectivity index (χ1) is 12.8. The molecular weight excluding hydrogens is 322 g/mol. The molecule has 4 rings (SSSR count). The van der Waals surface area contributed by atoms with Gasteiger partial charge in [0.25, 0.3) is 0 Å². The van der Waals surface area contributed by atoms with E-state index in [2.05, 4.69) is 11.1 Å². The molecule has 0 spiro atoms. The first-order valence-electron chi connectivity index (χ1n) is 8.28. The van der Waals surface area contributed by atoms with Gasteiger partial charge in [-0.25, -0.2) is 9.97 Å². The second-order valence-electron chi connectivity index (χ2n) is 5.77. The van der Waals surface area contributed by atoms with Crippen LogP contribution >= 0.6 is 0 Å². The number of aromatic nitrogens is 2. The second kappa shape index (κ2) is 7.04. The summed E-state index contributed by atoms with van der Waals surface area (Å²) in [4.78, 5) is 9.34. The van der Waals surface area contributed by atoms with Crippen LogP contribution in [0.25, 0.3) is 22.2 Å². The summed E-state index contributed by atoms with van der Waals surface area (Å²) in [5, 5.41) is 10.2. The molecule has 4 nitrogen and oxygen atoms in total. The van der Waals surface area contributed by atoms with Crippen LogP contribution in [0.5, 0.6) is 5.75 Å². The minimum atomic E-state index is 0.198. The smallest absolute Gasteiger partial charge is 0.167 e. The van der Waals surface area contributed by atoms with E-state index in [-0.39, 0.29) is 6.61 Å². The van der Waals surface area contributed by atoms with Crippen molar-refractivity contribution in [1.29, 1.82) is 5.26 Å². The van der Waals surface area contributed by atoms with E-state index in [9.17, 15) is 5.26 Å². The number of hydrogen-bond donors (Lipinski definition) is 0. The van der Waals surface area contributed by atoms with Crippen LogP contribution in [-0.2, 0) is 6.61 Å². The fourth-order valence-corrected chi connectivity index (χ4v) is 2.83. The molecule has 4 heteroatoms. The van der Waals surface area contributed by atoms with E-state index in [1.54, 1.807) is 12.1 Å². The van der Waals surface area contributed by atoms with Gasteiger partial charge in [-0.05, 0) is 18.2 Å². The van der Waals surface area contributed by atoms with E-state index in [0.29, 0.717) is 17.1 Å². The van der Waals surface area contributed by atoms with Gasteiger partial charge in [0.1, 0.15) is 18.4 Å². The van der Waals surface area contributed by atoms with Crippen molar-refractivity contribution < 1.29 is 4.74 Å². The molecule has 0 amide bonds. The van der Waals surface area contributed by atoms with Crippen LogP contribution in [-0.4, -0.2) is 9.97 Å². The maximum Gasteiger partial charge on any atom is 0.167 e. The Morgan fingerprint density at radius 2 is 1.54 bits per heavy atom. The highest BCUT2D eigenvalue weighted by molar-refractivity contribution is 5.92. The third-order valence-electron chi connectivity index (χ3n) is 4.06. The molecule has 0 bridgehead atoms. The van der Waals surface area contributed by atoms with Gasteiger partial charge in [0.2, 0.25) is 0 Å². The third-order valence-corrected chi connectivity index (χ3v) is 4.06. The van der Waals surface area contributed by atoms with E-state index in [1.807, 2.05) is 66.7 Å². The largest absolute Gasteiger partial charge is 0.484 e. The molecule has 0 atom stereocenters. The van der Waals surface area contributed by atoms with Crippen LogP contribution in [0.15, 0.2) is 78.9 Å². The Labute approximate surface area is 151 Å². The molecule has 1 heterocycles. The van der Waals surface area contributed by atoms with Gasteiger partial charge in [-0.3, -0.25) is 0 Å². The summed E-state index contributed by atoms with van der Waals surface area (Å²) in [5.74, 6) is 1.11. The maximum absolute atomic E-state index is 9.19. The summed E-state index contributed by atoms with van der Waals surface area (Å²) in [5.41, 5.74) is 3.28. The number of ether oxygens (including phenoxy) is 1. The third kappa shape index (κ3) is 3.11. The lowest BCUT2D eigenvalue weighted by Crippen LogP contribution is -2.04. The molecule has 4 aromatic rings. The minimum Gasteiger partial charge on any atom is -0.484 e. The van der Waals surface area contributed by atoms with Crippen molar-refractivity contribution >= 4 is 10.9 Å². The number of nitrogens with zero attached hydrogens (tertiary/aromatic N) is 3. The molecule has 3 aromatic carbocycles. The zero-order valence-electron chi connectivity index (χ0n) is 14.0. The maximum atomic E-state index is 9.19. The van der Waals surface area contributed by atoms with E-state index >= 15 is 0 Å². The molecule has 0 N–H and O–H groups in total. The number of rotatable bonds is 4. The minimum absolute atomic E-state index is 0.198. The number of nitriles is 1. The molecule has 0 aliphatic carbocycles. The summed E-state index contributed by atoms with van der Waals surface area (Å²) in [6.45, 7) is 0.198. The van der Waals surface area contributed by atoms with E-state index < -0.39 is 0 Å². The highest BCUT2D eigenvalue weighted by Crippen LogP contribution is 2.26. The highest BCUT2D eigenvalue weighted by Gasteiger charge is 2.10. The Kier molecular flexibility index (Phi) is 4.28. The molecule has 0 aliphatic heterocycles. The normalized spacial score (nSPS) is 10.4. The lowest BCUT2D eigenvalue weighted by Gasteiger charge is -2.10. The van der Waals surface area contributed by atoms with Gasteiger partial charge in [-0.2, -0.15) is 5.26 Å². The topological polar surface area (TPSA) is 58.8 Å². The molecule has 26 heavy (non-hydrogen) atoms. The first-order valence-corrected chi connectivity index (χ1v) is 8.28. The van der Waals surface area contributed by atoms with Crippen molar-refractivity contribution in [3.05, 3.63) is 90.3 Å². The summed E-state index contributed by atoms with van der Waals surface area (Å²) < 4.78 is 5.81. The molecule has 0 saturated heterocycles. The van der Waals surface area contributed by atoms with Gasteiger partial charge in [-0.1, -0.05) is 60.7 Å². The average Bonchev–Trinajstić information content (AvgIpc) is 2.72. The number of hydrogen-bond acceptors (Lipinski definition) is 4. The fraction of sp³-hybridized carbons (Fsp3) is 0.0455. The summed E-state index contributed by atoms with van der Waals surface area (Å²) >= 11 is 0. The number of benzene rings is 3. The van der Waals surface area contributed by atoms with Gasteiger partial charge in [-0.15, -0.1) is 0 Å². The Bertz CT molecular complexity index is 1100. The second-order valence-corrected chi connectivity index (χ2v) is 5.77. The van der Waals surface area contributed by atoms with Gasteiger partial charge in [0.15, 0.2) is 5.82 Å². The van der Waals surface area contributed by atoms with Crippen LogP contribution < -0.4 is 4.74 Å². The van der Waals surface area contributed by atoms with Gasteiger partial charge in [0.05, 0.1) is 16.8 Å². The lowest BCUT2D eigenvalue weighted by atomic mass is 10.1. The molecule has 0 fully saturated rings. The van der Waals surface area contributed by atoms with Crippen molar-refractivity contribution in [2.24, 2.45) is 0 Å². The Balaban J connectivity index is 1.73. The molecule has 0 radical (unpaired) electrons. The zero-order chi connectivity index (χ0) is 17.8. The van der Waals surface area contributed by atoms with E-state index in [0.717, 1.165) is 22.2 Å². The fourth-order valence-electron chi connectivity index (χ4n) is 2.83. The molecule has 0 aliphatic rings. The Morgan fingerprint density at radius 1 is 0.808 bits per heavy atom. The summed E-state index contributed by atoms with van der Waals surface area (Å²) in [6, 6.07) is 27.2. The first kappa shape index (κ1) is 15.8. The molecule has 0 unspecified atom stereocenters. The SMILES string of the molecule is N#Cc1ccccc1OCc1nc(-c2ccccc2)c2ccccc2n1. The Morgan fingerprint density at radius 3 is 2.38 bits per heavy atom. The molecule has 124 valence electrons. The van der Waals surface area contributed by atoms with E-state index in [1.165, 1.54) is 0 Å². The van der Waals surface area contributed by atoms with Crippen molar-refractivity contribution in [2.45, 2.75) is 6.61 Å². The Hall–Kier alpha value is -3.71. The predicted molar refractivity (Wildman–Crippen MR) is 100 cm³/mol. The van der Waals surface area contributed by atoms with Crippen molar-refractivity contribution in [3.8, 4) is 23.1 Å².